The first-order valence-corrected chi connectivity index (χ1v) is 12.4. The van der Waals surface area contributed by atoms with Gasteiger partial charge in [0.1, 0.15) is 0 Å². The van der Waals surface area contributed by atoms with Gasteiger partial charge in [-0.3, -0.25) is 0 Å². The van der Waals surface area contributed by atoms with Crippen molar-refractivity contribution < 1.29 is 0 Å². The van der Waals surface area contributed by atoms with Gasteiger partial charge in [0, 0.05) is 33.4 Å². The zero-order chi connectivity index (χ0) is 23.6. The van der Waals surface area contributed by atoms with Crippen LogP contribution in [-0.4, -0.2) is 9.13 Å². The fourth-order valence-electron chi connectivity index (χ4n) is 5.97. The van der Waals surface area contributed by atoms with Crippen LogP contribution in [0.3, 0.4) is 0 Å². The molecule has 0 aliphatic heterocycles. The molecule has 2 aromatic heterocycles. The lowest BCUT2D eigenvalue weighted by Gasteiger charge is -2.13. The molecule has 36 heavy (non-hydrogen) atoms. The Morgan fingerprint density at radius 1 is 0.417 bits per heavy atom. The Labute approximate surface area is 208 Å². The van der Waals surface area contributed by atoms with Gasteiger partial charge in [0.25, 0.3) is 0 Å². The maximum Gasteiger partial charge on any atom is 0.0635 e. The molecule has 0 bridgehead atoms. The third-order valence-corrected chi connectivity index (χ3v) is 7.52. The third kappa shape index (κ3) is 2.61. The summed E-state index contributed by atoms with van der Waals surface area (Å²) in [7, 11) is 0. The van der Waals surface area contributed by atoms with Gasteiger partial charge in [-0.1, -0.05) is 91.0 Å². The monoisotopic (exact) mass is 458 g/mol. The number of fused-ring (bicyclic) bond motifs is 8. The molecule has 2 nitrogen and oxygen atoms in total. The van der Waals surface area contributed by atoms with Gasteiger partial charge in [-0.2, -0.15) is 0 Å². The number of nitrogens with zero attached hydrogens (tertiary/aromatic N) is 2. The summed E-state index contributed by atoms with van der Waals surface area (Å²) in [5.41, 5.74) is 6.09. The normalized spacial score (nSPS) is 11.9. The zero-order valence-corrected chi connectivity index (χ0v) is 19.6. The molecule has 0 N–H and O–H groups in total. The molecule has 0 amide bonds. The smallest absolute Gasteiger partial charge is 0.0635 e. The van der Waals surface area contributed by atoms with Crippen LogP contribution < -0.4 is 0 Å². The summed E-state index contributed by atoms with van der Waals surface area (Å²) < 4.78 is 4.77. The molecule has 0 radical (unpaired) electrons. The minimum absolute atomic E-state index is 1.18. The van der Waals surface area contributed by atoms with Crippen molar-refractivity contribution >= 4 is 54.3 Å². The van der Waals surface area contributed by atoms with Crippen molar-refractivity contribution in [3.8, 4) is 11.4 Å². The highest BCUT2D eigenvalue weighted by molar-refractivity contribution is 6.19. The van der Waals surface area contributed by atoms with E-state index in [4.69, 9.17) is 0 Å². The number of hydrogen-bond acceptors (Lipinski definition) is 0. The standard InChI is InChI=1S/C34H22N2/c1-2-11-24(12-3-1)36-32-17-9-8-16-28(32)29-18-19-31-30(34(29)36)20-21-35(31)33-22-23-10-4-5-13-25(23)26-14-6-7-15-27(26)33/h1-22H. The largest absolute Gasteiger partial charge is 0.316 e. The first-order valence-electron chi connectivity index (χ1n) is 12.4. The Balaban J connectivity index is 1.51. The predicted molar refractivity (Wildman–Crippen MR) is 153 cm³/mol. The van der Waals surface area contributed by atoms with E-state index >= 15 is 0 Å². The van der Waals surface area contributed by atoms with Gasteiger partial charge < -0.3 is 9.13 Å². The van der Waals surface area contributed by atoms with Crippen molar-refractivity contribution in [2.75, 3.05) is 0 Å². The number of benzene rings is 6. The maximum absolute atomic E-state index is 2.41. The predicted octanol–water partition coefficient (Wildman–Crippen LogP) is 9.03. The van der Waals surface area contributed by atoms with Gasteiger partial charge in [-0.15, -0.1) is 0 Å². The van der Waals surface area contributed by atoms with Gasteiger partial charge in [0.05, 0.1) is 22.2 Å². The van der Waals surface area contributed by atoms with E-state index in [9.17, 15) is 0 Å². The summed E-state index contributed by atoms with van der Waals surface area (Å²) in [5, 5.41) is 8.91. The van der Waals surface area contributed by atoms with Crippen molar-refractivity contribution in [2.45, 2.75) is 0 Å². The van der Waals surface area contributed by atoms with E-state index < -0.39 is 0 Å². The Morgan fingerprint density at radius 3 is 1.97 bits per heavy atom. The van der Waals surface area contributed by atoms with Crippen LogP contribution in [-0.2, 0) is 0 Å². The molecule has 8 rings (SSSR count). The summed E-state index contributed by atoms with van der Waals surface area (Å²) in [6, 6.07) is 46.0. The van der Waals surface area contributed by atoms with E-state index in [1.807, 2.05) is 0 Å². The molecule has 0 saturated heterocycles. The van der Waals surface area contributed by atoms with Gasteiger partial charge in [-0.25, -0.2) is 0 Å². The van der Waals surface area contributed by atoms with Crippen molar-refractivity contribution in [3.05, 3.63) is 134 Å². The summed E-state index contributed by atoms with van der Waals surface area (Å²) in [6.45, 7) is 0. The lowest BCUT2D eigenvalue weighted by atomic mass is 10.00. The fourth-order valence-corrected chi connectivity index (χ4v) is 5.97. The van der Waals surface area contributed by atoms with Gasteiger partial charge in [0.15, 0.2) is 0 Å². The van der Waals surface area contributed by atoms with E-state index in [1.54, 1.807) is 0 Å². The number of para-hydroxylation sites is 2. The molecular weight excluding hydrogens is 436 g/mol. The third-order valence-electron chi connectivity index (χ3n) is 7.52. The highest BCUT2D eigenvalue weighted by atomic mass is 15.0. The highest BCUT2D eigenvalue weighted by Crippen LogP contribution is 2.39. The first-order chi connectivity index (χ1) is 17.9. The Bertz CT molecular complexity index is 2090. The molecule has 0 atom stereocenters. The molecule has 2 heteroatoms. The number of aromatic nitrogens is 2. The van der Waals surface area contributed by atoms with Crippen LogP contribution in [0.5, 0.6) is 0 Å². The van der Waals surface area contributed by atoms with Crippen LogP contribution in [0.2, 0.25) is 0 Å². The molecule has 8 aromatic rings. The minimum Gasteiger partial charge on any atom is -0.316 e. The second kappa shape index (κ2) is 7.34. The molecule has 0 aliphatic carbocycles. The fraction of sp³-hybridized carbons (Fsp3) is 0. The maximum atomic E-state index is 2.41. The number of rotatable bonds is 2. The van der Waals surface area contributed by atoms with Crippen molar-refractivity contribution in [2.24, 2.45) is 0 Å². The van der Waals surface area contributed by atoms with E-state index in [1.165, 1.54) is 65.6 Å². The van der Waals surface area contributed by atoms with E-state index in [0.29, 0.717) is 0 Å². The van der Waals surface area contributed by atoms with Crippen LogP contribution in [0.4, 0.5) is 0 Å². The summed E-state index contributed by atoms with van der Waals surface area (Å²) in [6.07, 6.45) is 2.23. The summed E-state index contributed by atoms with van der Waals surface area (Å²) >= 11 is 0. The highest BCUT2D eigenvalue weighted by Gasteiger charge is 2.17. The average molecular weight is 459 g/mol. The molecule has 2 heterocycles. The molecular formula is C34H22N2. The van der Waals surface area contributed by atoms with Gasteiger partial charge >= 0.3 is 0 Å². The van der Waals surface area contributed by atoms with Crippen molar-refractivity contribution in [1.29, 1.82) is 0 Å². The van der Waals surface area contributed by atoms with E-state index in [2.05, 4.69) is 143 Å². The Hall–Kier alpha value is -4.82. The number of hydrogen-bond donors (Lipinski definition) is 0. The Kier molecular flexibility index (Phi) is 3.97. The lowest BCUT2D eigenvalue weighted by Crippen LogP contribution is -1.96. The summed E-state index contributed by atoms with van der Waals surface area (Å²) in [4.78, 5) is 0. The SMILES string of the molecule is c1ccc(-n2c3ccccc3c3ccc4c(ccn4-c4cc5ccccc5c5ccccc45)c32)cc1. The van der Waals surface area contributed by atoms with E-state index in [0.717, 1.165) is 0 Å². The topological polar surface area (TPSA) is 9.86 Å². The molecule has 0 unspecified atom stereocenters. The van der Waals surface area contributed by atoms with Gasteiger partial charge in [-0.05, 0) is 52.6 Å². The first kappa shape index (κ1) is 19.5. The summed E-state index contributed by atoms with van der Waals surface area (Å²) in [5.74, 6) is 0. The van der Waals surface area contributed by atoms with Crippen molar-refractivity contribution in [1.82, 2.24) is 9.13 Å². The average Bonchev–Trinajstić information content (AvgIpc) is 3.52. The van der Waals surface area contributed by atoms with Crippen LogP contribution in [0.1, 0.15) is 0 Å². The Morgan fingerprint density at radius 2 is 1.11 bits per heavy atom. The van der Waals surface area contributed by atoms with Crippen LogP contribution >= 0.6 is 0 Å². The second-order valence-corrected chi connectivity index (χ2v) is 9.43. The molecule has 0 aliphatic rings. The molecule has 0 saturated carbocycles. The zero-order valence-electron chi connectivity index (χ0n) is 19.6. The van der Waals surface area contributed by atoms with E-state index in [-0.39, 0.29) is 0 Å². The quantitative estimate of drug-likeness (QED) is 0.229. The van der Waals surface area contributed by atoms with Crippen LogP contribution in [0.25, 0.3) is 65.6 Å². The van der Waals surface area contributed by atoms with Crippen molar-refractivity contribution in [3.63, 3.8) is 0 Å². The minimum atomic E-state index is 1.18. The molecule has 0 spiro atoms. The van der Waals surface area contributed by atoms with Crippen LogP contribution in [0, 0.1) is 0 Å². The lowest BCUT2D eigenvalue weighted by molar-refractivity contribution is 1.15. The molecule has 0 fully saturated rings. The molecule has 168 valence electrons. The second-order valence-electron chi connectivity index (χ2n) is 9.43. The molecule has 6 aromatic carbocycles. The van der Waals surface area contributed by atoms with Crippen LogP contribution in [0.15, 0.2) is 134 Å². The van der Waals surface area contributed by atoms with Gasteiger partial charge in [0.2, 0.25) is 0 Å².